The third kappa shape index (κ3) is 5.71. The molecule has 0 bridgehead atoms. The van der Waals surface area contributed by atoms with Crippen LogP contribution in [-0.2, 0) is 6.42 Å². The molecular formula is C26H22F3N9O. The third-order valence-corrected chi connectivity index (χ3v) is 6.06. The van der Waals surface area contributed by atoms with Crippen molar-refractivity contribution in [2.24, 2.45) is 0 Å². The van der Waals surface area contributed by atoms with Gasteiger partial charge in [0, 0.05) is 17.8 Å². The van der Waals surface area contributed by atoms with Crippen molar-refractivity contribution in [3.63, 3.8) is 0 Å². The molecule has 0 amide bonds. The highest BCUT2D eigenvalue weighted by atomic mass is 19.4. The number of nitrogen functional groups attached to an aromatic ring is 1. The van der Waals surface area contributed by atoms with Crippen molar-refractivity contribution < 1.29 is 17.9 Å². The van der Waals surface area contributed by atoms with Gasteiger partial charge >= 0.3 is 6.18 Å². The van der Waals surface area contributed by atoms with Crippen molar-refractivity contribution in [3.05, 3.63) is 72.4 Å². The van der Waals surface area contributed by atoms with E-state index in [0.29, 0.717) is 34.6 Å². The Hall–Kier alpha value is -4.81. The second-order valence-corrected chi connectivity index (χ2v) is 9.15. The minimum Gasteiger partial charge on any atom is -0.474 e. The molecule has 0 atom stereocenters. The highest BCUT2D eigenvalue weighted by Crippen LogP contribution is 2.31. The first-order chi connectivity index (χ1) is 18.8. The Morgan fingerprint density at radius 2 is 1.85 bits per heavy atom. The van der Waals surface area contributed by atoms with Gasteiger partial charge in [-0.2, -0.15) is 23.3 Å². The van der Waals surface area contributed by atoms with Crippen LogP contribution in [0.3, 0.4) is 0 Å². The monoisotopic (exact) mass is 533 g/mol. The zero-order valence-electron chi connectivity index (χ0n) is 20.4. The molecule has 0 saturated heterocycles. The molecule has 3 N–H and O–H groups in total. The van der Waals surface area contributed by atoms with Crippen LogP contribution >= 0.6 is 0 Å². The summed E-state index contributed by atoms with van der Waals surface area (Å²) < 4.78 is 46.5. The number of nitrogens with zero attached hydrogens (tertiary/aromatic N) is 7. The van der Waals surface area contributed by atoms with E-state index in [1.165, 1.54) is 6.33 Å². The molecule has 39 heavy (non-hydrogen) atoms. The first kappa shape index (κ1) is 24.5. The molecule has 1 aliphatic rings. The van der Waals surface area contributed by atoms with E-state index in [4.69, 9.17) is 10.5 Å². The van der Waals surface area contributed by atoms with Crippen molar-refractivity contribution in [2.45, 2.75) is 31.5 Å². The Bertz CT molecular complexity index is 1600. The number of halogens is 3. The van der Waals surface area contributed by atoms with Gasteiger partial charge in [-0.15, -0.1) is 0 Å². The van der Waals surface area contributed by atoms with Gasteiger partial charge in [0.25, 0.3) is 0 Å². The van der Waals surface area contributed by atoms with E-state index >= 15 is 0 Å². The highest BCUT2D eigenvalue weighted by molar-refractivity contribution is 5.91. The van der Waals surface area contributed by atoms with Crippen LogP contribution in [0.15, 0.2) is 61.3 Å². The SMILES string of the molecule is Nc1nc(NCC(F)(F)F)c2nc(-c3ccc(OC4CC4)nc3)cc(Cc3ccc(-n4cncn4)cc3)c2n1. The summed E-state index contributed by atoms with van der Waals surface area (Å²) in [6.07, 6.45) is 2.85. The first-order valence-electron chi connectivity index (χ1n) is 12.2. The van der Waals surface area contributed by atoms with Gasteiger partial charge in [-0.1, -0.05) is 12.1 Å². The largest absolute Gasteiger partial charge is 0.474 e. The fraction of sp³-hybridized carbons (Fsp3) is 0.231. The van der Waals surface area contributed by atoms with Gasteiger partial charge in [0.05, 0.1) is 11.4 Å². The summed E-state index contributed by atoms with van der Waals surface area (Å²) in [5, 5.41) is 6.46. The fourth-order valence-electron chi connectivity index (χ4n) is 4.06. The molecule has 13 heteroatoms. The summed E-state index contributed by atoms with van der Waals surface area (Å²) >= 11 is 0. The van der Waals surface area contributed by atoms with Gasteiger partial charge in [-0.3, -0.25) is 0 Å². The average molecular weight is 534 g/mol. The maximum Gasteiger partial charge on any atom is 0.405 e. The molecule has 10 nitrogen and oxygen atoms in total. The number of ether oxygens (including phenoxy) is 1. The van der Waals surface area contributed by atoms with Gasteiger partial charge in [0.2, 0.25) is 11.8 Å². The lowest BCUT2D eigenvalue weighted by atomic mass is 10.0. The predicted octanol–water partition coefficient (Wildman–Crippen LogP) is 4.36. The molecule has 0 aliphatic heterocycles. The summed E-state index contributed by atoms with van der Waals surface area (Å²) in [4.78, 5) is 21.3. The molecule has 198 valence electrons. The van der Waals surface area contributed by atoms with Crippen LogP contribution in [0.1, 0.15) is 24.0 Å². The number of alkyl halides is 3. The molecule has 1 fully saturated rings. The molecule has 1 aromatic carbocycles. The number of nitrogens with two attached hydrogens (primary N) is 1. The van der Waals surface area contributed by atoms with Crippen molar-refractivity contribution in [2.75, 3.05) is 17.6 Å². The van der Waals surface area contributed by atoms with Crippen molar-refractivity contribution in [1.29, 1.82) is 0 Å². The molecule has 1 aliphatic carbocycles. The lowest BCUT2D eigenvalue weighted by Crippen LogP contribution is -2.22. The van der Waals surface area contributed by atoms with Crippen molar-refractivity contribution in [1.82, 2.24) is 34.7 Å². The minimum atomic E-state index is -4.46. The normalized spacial score (nSPS) is 13.5. The standard InChI is InChI=1S/C26H22F3N9O/c27-26(28,29)12-33-24-23-22(36-25(30)37-24)17(9-15-1-4-18(5-2-15)38-14-31-13-34-38)10-20(35-23)16-3-8-21(32-11-16)39-19-6-7-19/h1-5,8,10-11,13-14,19H,6-7,9,12H2,(H3,30,33,36,37). The molecule has 6 rings (SSSR count). The van der Waals surface area contributed by atoms with E-state index in [1.807, 2.05) is 36.4 Å². The van der Waals surface area contributed by atoms with Crippen molar-refractivity contribution in [3.8, 4) is 22.8 Å². The van der Waals surface area contributed by atoms with Crippen LogP contribution in [-0.4, -0.2) is 53.5 Å². The summed E-state index contributed by atoms with van der Waals surface area (Å²) in [5.41, 5.74) is 10.1. The maximum atomic E-state index is 13.0. The molecule has 0 unspecified atom stereocenters. The molecule has 4 aromatic heterocycles. The van der Waals surface area contributed by atoms with E-state index in [-0.39, 0.29) is 23.4 Å². The van der Waals surface area contributed by atoms with E-state index < -0.39 is 12.7 Å². The number of rotatable bonds is 8. The molecule has 4 heterocycles. The van der Waals surface area contributed by atoms with Crippen LogP contribution < -0.4 is 15.8 Å². The molecular weight excluding hydrogens is 511 g/mol. The number of nitrogens with one attached hydrogen (secondary N) is 1. The van der Waals surface area contributed by atoms with Crippen LogP contribution in [0.4, 0.5) is 24.9 Å². The molecule has 1 saturated carbocycles. The minimum absolute atomic E-state index is 0.0962. The van der Waals surface area contributed by atoms with Crippen molar-refractivity contribution >= 4 is 22.8 Å². The molecule has 0 radical (unpaired) electrons. The Morgan fingerprint density at radius 3 is 2.51 bits per heavy atom. The van der Waals surface area contributed by atoms with Gasteiger partial charge < -0.3 is 15.8 Å². The Balaban J connectivity index is 1.41. The van der Waals surface area contributed by atoms with E-state index in [0.717, 1.165) is 24.1 Å². The number of fused-ring (bicyclic) bond motifs is 1. The van der Waals surface area contributed by atoms with E-state index in [9.17, 15) is 13.2 Å². The van der Waals surface area contributed by atoms with Crippen LogP contribution in [0, 0.1) is 0 Å². The Kier molecular flexibility index (Phi) is 6.17. The van der Waals surface area contributed by atoms with E-state index in [2.05, 4.69) is 35.3 Å². The average Bonchev–Trinajstić information content (AvgIpc) is 3.56. The van der Waals surface area contributed by atoms with Gasteiger partial charge in [-0.25, -0.2) is 24.6 Å². The van der Waals surface area contributed by atoms with Gasteiger partial charge in [-0.05, 0) is 54.7 Å². The topological polar surface area (TPSA) is 130 Å². The zero-order chi connectivity index (χ0) is 27.0. The third-order valence-electron chi connectivity index (χ3n) is 6.06. The smallest absolute Gasteiger partial charge is 0.405 e. The second-order valence-electron chi connectivity index (χ2n) is 9.15. The number of hydrogen-bond acceptors (Lipinski definition) is 9. The Labute approximate surface area is 220 Å². The zero-order valence-corrected chi connectivity index (χ0v) is 20.4. The van der Waals surface area contributed by atoms with Crippen LogP contribution in [0.25, 0.3) is 28.0 Å². The number of benzene rings is 1. The predicted molar refractivity (Wildman–Crippen MR) is 137 cm³/mol. The number of pyridine rings is 2. The quantitative estimate of drug-likeness (QED) is 0.299. The maximum absolute atomic E-state index is 13.0. The van der Waals surface area contributed by atoms with Gasteiger partial charge in [0.15, 0.2) is 5.82 Å². The number of hydrogen-bond donors (Lipinski definition) is 2. The number of aromatic nitrogens is 7. The summed E-state index contributed by atoms with van der Waals surface area (Å²) in [6.45, 7) is -1.29. The molecule has 5 aromatic rings. The highest BCUT2D eigenvalue weighted by Gasteiger charge is 2.28. The van der Waals surface area contributed by atoms with Crippen LogP contribution in [0.2, 0.25) is 0 Å². The van der Waals surface area contributed by atoms with E-state index in [1.54, 1.807) is 23.3 Å². The summed E-state index contributed by atoms with van der Waals surface area (Å²) in [6, 6.07) is 13.1. The van der Waals surface area contributed by atoms with Crippen LogP contribution in [0.5, 0.6) is 5.88 Å². The first-order valence-corrected chi connectivity index (χ1v) is 12.2. The summed E-state index contributed by atoms with van der Waals surface area (Å²) in [5.74, 6) is 0.257. The van der Waals surface area contributed by atoms with Gasteiger partial charge in [0.1, 0.15) is 36.3 Å². The second kappa shape index (κ2) is 9.82. The lowest BCUT2D eigenvalue weighted by Gasteiger charge is -2.15. The molecule has 0 spiro atoms. The summed E-state index contributed by atoms with van der Waals surface area (Å²) in [7, 11) is 0. The number of anilines is 2. The fourth-order valence-corrected chi connectivity index (χ4v) is 4.06. The Morgan fingerprint density at radius 1 is 1.03 bits per heavy atom. The lowest BCUT2D eigenvalue weighted by molar-refractivity contribution is -0.115.